The maximum absolute atomic E-state index is 10.9. The molecule has 0 bridgehead atoms. The first-order valence-corrected chi connectivity index (χ1v) is 4.85. The molecule has 4 heteroatoms. The van der Waals surface area contributed by atoms with Crippen LogP contribution in [0.3, 0.4) is 0 Å². The normalized spacial score (nSPS) is 12.4. The van der Waals surface area contributed by atoms with Crippen LogP contribution in [0.25, 0.3) is 0 Å². The van der Waals surface area contributed by atoms with Crippen LogP contribution in [-0.2, 0) is 14.3 Å². The van der Waals surface area contributed by atoms with E-state index in [2.05, 4.69) is 4.18 Å². The minimum atomic E-state index is -3.26. The summed E-state index contributed by atoms with van der Waals surface area (Å²) < 4.78 is 26.2. The molecule has 0 N–H and O–H groups in total. The van der Waals surface area contributed by atoms with Crippen molar-refractivity contribution >= 4 is 10.1 Å². The Morgan fingerprint density at radius 1 is 1.30 bits per heavy atom. The third-order valence-electron chi connectivity index (χ3n) is 1.55. The van der Waals surface area contributed by atoms with Crippen molar-refractivity contribution in [3.05, 3.63) is 0 Å². The molecule has 0 amide bonds. The fourth-order valence-corrected chi connectivity index (χ4v) is 1.92. The van der Waals surface area contributed by atoms with Crippen LogP contribution in [0.4, 0.5) is 0 Å². The van der Waals surface area contributed by atoms with E-state index in [0.29, 0.717) is 12.8 Å². The molecule has 0 unspecified atom stereocenters. The summed E-state index contributed by atoms with van der Waals surface area (Å²) in [6.07, 6.45) is 1.24. The maximum atomic E-state index is 10.9. The van der Waals surface area contributed by atoms with E-state index >= 15 is 0 Å². The molecule has 0 saturated carbocycles. The Bertz CT molecular complexity index is 167. The molecule has 0 radical (unpaired) electrons. The van der Waals surface area contributed by atoms with Crippen molar-refractivity contribution < 1.29 is 12.6 Å². The highest BCUT2D eigenvalue weighted by Gasteiger charge is 2.20. The highest BCUT2D eigenvalue weighted by molar-refractivity contribution is 7.87. The molecule has 0 aliphatic carbocycles. The third-order valence-corrected chi connectivity index (χ3v) is 3.50. The minimum absolute atomic E-state index is 0.336. The molecule has 0 aromatic heterocycles. The Balaban J connectivity index is 4.28. The summed E-state index contributed by atoms with van der Waals surface area (Å²) in [6, 6.07) is 0. The largest absolute Gasteiger partial charge is 0.273 e. The Hall–Kier alpha value is -0.0900. The average molecular weight is 166 g/mol. The van der Waals surface area contributed by atoms with Gasteiger partial charge in [-0.3, -0.25) is 4.18 Å². The Kier molecular flexibility index (Phi) is 3.89. The molecule has 0 saturated heterocycles. The monoisotopic (exact) mass is 166 g/mol. The lowest BCUT2D eigenvalue weighted by atomic mass is 10.3. The molecule has 10 heavy (non-hydrogen) atoms. The van der Waals surface area contributed by atoms with Crippen LogP contribution in [0.1, 0.15) is 26.7 Å². The van der Waals surface area contributed by atoms with Gasteiger partial charge in [0, 0.05) is 0 Å². The summed E-state index contributed by atoms with van der Waals surface area (Å²) in [5.74, 6) is 0. The molecule has 0 heterocycles. The van der Waals surface area contributed by atoms with Gasteiger partial charge in [-0.15, -0.1) is 0 Å². The van der Waals surface area contributed by atoms with E-state index in [1.807, 2.05) is 13.8 Å². The van der Waals surface area contributed by atoms with Crippen LogP contribution in [0.2, 0.25) is 0 Å². The van der Waals surface area contributed by atoms with Gasteiger partial charge in [-0.25, -0.2) is 0 Å². The summed E-state index contributed by atoms with van der Waals surface area (Å²) >= 11 is 0. The van der Waals surface area contributed by atoms with Crippen molar-refractivity contribution in [1.29, 1.82) is 0 Å². The van der Waals surface area contributed by atoms with Gasteiger partial charge in [0.1, 0.15) is 0 Å². The summed E-state index contributed by atoms with van der Waals surface area (Å²) in [7, 11) is -2.06. The molecule has 0 aromatic rings. The topological polar surface area (TPSA) is 43.4 Å². The SMILES string of the molecule is CCC(CC)S(=O)(=O)OC. The highest BCUT2D eigenvalue weighted by Crippen LogP contribution is 2.10. The van der Waals surface area contributed by atoms with Crippen LogP contribution in [0.5, 0.6) is 0 Å². The van der Waals surface area contributed by atoms with E-state index in [0.717, 1.165) is 0 Å². The van der Waals surface area contributed by atoms with Crippen molar-refractivity contribution in [3.63, 3.8) is 0 Å². The van der Waals surface area contributed by atoms with Crippen LogP contribution < -0.4 is 0 Å². The Morgan fingerprint density at radius 2 is 1.70 bits per heavy atom. The lowest BCUT2D eigenvalue weighted by Gasteiger charge is -2.10. The van der Waals surface area contributed by atoms with Gasteiger partial charge in [-0.2, -0.15) is 8.42 Å². The van der Waals surface area contributed by atoms with E-state index in [4.69, 9.17) is 0 Å². The third kappa shape index (κ3) is 2.27. The van der Waals surface area contributed by atoms with E-state index < -0.39 is 10.1 Å². The van der Waals surface area contributed by atoms with Crippen molar-refractivity contribution in [2.45, 2.75) is 31.9 Å². The predicted molar refractivity (Wildman–Crippen MR) is 40.3 cm³/mol. The zero-order chi connectivity index (χ0) is 8.20. The highest BCUT2D eigenvalue weighted by atomic mass is 32.2. The van der Waals surface area contributed by atoms with E-state index in [1.54, 1.807) is 0 Å². The van der Waals surface area contributed by atoms with E-state index in [9.17, 15) is 8.42 Å². The van der Waals surface area contributed by atoms with Gasteiger partial charge in [0.05, 0.1) is 12.4 Å². The molecular formula is C6H14O3S. The Labute approximate surface area is 62.5 Å². The number of hydrogen-bond donors (Lipinski definition) is 0. The standard InChI is InChI=1S/C6H14O3S/c1-4-6(5-2)10(7,8)9-3/h6H,4-5H2,1-3H3. The lowest BCUT2D eigenvalue weighted by Crippen LogP contribution is -2.20. The van der Waals surface area contributed by atoms with Crippen LogP contribution in [0, 0.1) is 0 Å². The summed E-state index contributed by atoms with van der Waals surface area (Å²) in [5.41, 5.74) is 0. The molecular weight excluding hydrogens is 152 g/mol. The summed E-state index contributed by atoms with van der Waals surface area (Å²) in [6.45, 7) is 3.68. The van der Waals surface area contributed by atoms with Crippen molar-refractivity contribution in [2.24, 2.45) is 0 Å². The molecule has 0 aromatic carbocycles. The average Bonchev–Trinajstić information content (AvgIpc) is 1.90. The molecule has 0 spiro atoms. The zero-order valence-electron chi connectivity index (χ0n) is 6.62. The van der Waals surface area contributed by atoms with Gasteiger partial charge in [-0.1, -0.05) is 13.8 Å². The number of hydrogen-bond acceptors (Lipinski definition) is 3. The van der Waals surface area contributed by atoms with Gasteiger partial charge < -0.3 is 0 Å². The van der Waals surface area contributed by atoms with Gasteiger partial charge in [-0.05, 0) is 12.8 Å². The molecule has 0 aliphatic heterocycles. The van der Waals surface area contributed by atoms with E-state index in [1.165, 1.54) is 7.11 Å². The van der Waals surface area contributed by atoms with Crippen molar-refractivity contribution in [2.75, 3.05) is 7.11 Å². The fraction of sp³-hybridized carbons (Fsp3) is 1.00. The smallest absolute Gasteiger partial charge is 0.269 e. The first-order chi connectivity index (χ1) is 4.58. The molecule has 0 aliphatic rings. The first kappa shape index (κ1) is 9.91. The lowest BCUT2D eigenvalue weighted by molar-refractivity contribution is 0.384. The fourth-order valence-electron chi connectivity index (χ4n) is 0.833. The maximum Gasteiger partial charge on any atom is 0.269 e. The second kappa shape index (κ2) is 3.93. The molecule has 0 fully saturated rings. The van der Waals surface area contributed by atoms with Crippen LogP contribution in [0.15, 0.2) is 0 Å². The van der Waals surface area contributed by atoms with Crippen molar-refractivity contribution in [3.8, 4) is 0 Å². The van der Waals surface area contributed by atoms with E-state index in [-0.39, 0.29) is 5.25 Å². The second-order valence-electron chi connectivity index (χ2n) is 2.10. The van der Waals surface area contributed by atoms with Crippen molar-refractivity contribution in [1.82, 2.24) is 0 Å². The van der Waals surface area contributed by atoms with Crippen LogP contribution in [-0.4, -0.2) is 20.8 Å². The summed E-state index contributed by atoms with van der Waals surface area (Å²) in [4.78, 5) is 0. The molecule has 0 atom stereocenters. The predicted octanol–water partition coefficient (Wildman–Crippen LogP) is 1.15. The van der Waals surface area contributed by atoms with Gasteiger partial charge in [0.2, 0.25) is 0 Å². The molecule has 0 rings (SSSR count). The minimum Gasteiger partial charge on any atom is -0.273 e. The molecule has 62 valence electrons. The summed E-state index contributed by atoms with van der Waals surface area (Å²) in [5, 5.41) is -0.336. The first-order valence-electron chi connectivity index (χ1n) is 3.37. The quantitative estimate of drug-likeness (QED) is 0.588. The van der Waals surface area contributed by atoms with Crippen LogP contribution >= 0.6 is 0 Å². The van der Waals surface area contributed by atoms with Gasteiger partial charge in [0.25, 0.3) is 10.1 Å². The van der Waals surface area contributed by atoms with Gasteiger partial charge in [0.15, 0.2) is 0 Å². The molecule has 3 nitrogen and oxygen atoms in total. The second-order valence-corrected chi connectivity index (χ2v) is 4.08. The Morgan fingerprint density at radius 3 is 1.80 bits per heavy atom. The van der Waals surface area contributed by atoms with Gasteiger partial charge >= 0.3 is 0 Å². The number of rotatable bonds is 4. The zero-order valence-corrected chi connectivity index (χ0v) is 7.44.